The maximum atomic E-state index is 14.5. The molecule has 2 aromatic carbocycles. The lowest BCUT2D eigenvalue weighted by Crippen LogP contribution is -2.42. The van der Waals surface area contributed by atoms with Gasteiger partial charge in [0.1, 0.15) is 6.10 Å². The molecule has 25 heavy (non-hydrogen) atoms. The van der Waals surface area contributed by atoms with Crippen molar-refractivity contribution in [1.82, 2.24) is 5.32 Å². The summed E-state index contributed by atoms with van der Waals surface area (Å²) in [6.45, 7) is 6.44. The molecule has 0 fully saturated rings. The molecule has 2 N–H and O–H groups in total. The SMILES string of the molecule is Cc1cccc2c1CCC2Oc1ccc(CNC(C)(C)CO)cc1F. The number of fused-ring (bicyclic) bond motifs is 1. The molecule has 3 nitrogen and oxygen atoms in total. The highest BCUT2D eigenvalue weighted by atomic mass is 19.1. The molecule has 3 rings (SSSR count). The Balaban J connectivity index is 1.70. The van der Waals surface area contributed by atoms with Crippen molar-refractivity contribution in [2.75, 3.05) is 6.61 Å². The van der Waals surface area contributed by atoms with Crippen molar-refractivity contribution in [3.8, 4) is 5.75 Å². The first-order valence-corrected chi connectivity index (χ1v) is 8.79. The molecule has 1 aliphatic rings. The Morgan fingerprint density at radius 2 is 2.08 bits per heavy atom. The van der Waals surface area contributed by atoms with Crippen molar-refractivity contribution in [1.29, 1.82) is 0 Å². The zero-order valence-corrected chi connectivity index (χ0v) is 15.1. The summed E-state index contributed by atoms with van der Waals surface area (Å²) in [6, 6.07) is 11.3. The van der Waals surface area contributed by atoms with Gasteiger partial charge in [-0.05, 0) is 68.0 Å². The van der Waals surface area contributed by atoms with E-state index in [2.05, 4.69) is 24.4 Å². The second-order valence-electron chi connectivity index (χ2n) is 7.45. The van der Waals surface area contributed by atoms with E-state index in [9.17, 15) is 9.50 Å². The molecule has 0 aromatic heterocycles. The van der Waals surface area contributed by atoms with Crippen LogP contribution in [0.5, 0.6) is 5.75 Å². The predicted octanol–water partition coefficient (Wildman–Crippen LogP) is 4.06. The highest BCUT2D eigenvalue weighted by molar-refractivity contribution is 5.40. The number of halogens is 1. The molecule has 2 aromatic rings. The standard InChI is InChI=1S/C21H26FNO2/c1-14-5-4-6-17-16(14)8-10-19(17)25-20-9-7-15(11-18(20)22)12-23-21(2,3)13-24/h4-7,9,11,19,23-24H,8,10,12-13H2,1-3H3. The molecule has 0 amide bonds. The quantitative estimate of drug-likeness (QED) is 0.831. The Labute approximate surface area is 148 Å². The van der Waals surface area contributed by atoms with Gasteiger partial charge >= 0.3 is 0 Å². The Morgan fingerprint density at radius 3 is 2.80 bits per heavy atom. The lowest BCUT2D eigenvalue weighted by molar-refractivity contribution is 0.187. The predicted molar refractivity (Wildman–Crippen MR) is 97.3 cm³/mol. The third-order valence-electron chi connectivity index (χ3n) is 4.88. The molecule has 0 spiro atoms. The Kier molecular flexibility index (Phi) is 5.11. The van der Waals surface area contributed by atoms with E-state index < -0.39 is 5.54 Å². The Hall–Kier alpha value is -1.91. The average molecular weight is 343 g/mol. The fourth-order valence-electron chi connectivity index (χ4n) is 3.22. The van der Waals surface area contributed by atoms with Crippen LogP contribution in [0.1, 0.15) is 48.6 Å². The third kappa shape index (κ3) is 4.02. The number of benzene rings is 2. The van der Waals surface area contributed by atoms with Crippen molar-refractivity contribution in [2.24, 2.45) is 0 Å². The summed E-state index contributed by atoms with van der Waals surface area (Å²) < 4.78 is 20.4. The number of hydrogen-bond acceptors (Lipinski definition) is 3. The monoisotopic (exact) mass is 343 g/mol. The van der Waals surface area contributed by atoms with Crippen LogP contribution < -0.4 is 10.1 Å². The lowest BCUT2D eigenvalue weighted by Gasteiger charge is -2.23. The minimum Gasteiger partial charge on any atom is -0.483 e. The van der Waals surface area contributed by atoms with Gasteiger partial charge in [0, 0.05) is 12.1 Å². The summed E-state index contributed by atoms with van der Waals surface area (Å²) in [5.74, 6) is -0.0493. The summed E-state index contributed by atoms with van der Waals surface area (Å²) in [7, 11) is 0. The number of hydrogen-bond donors (Lipinski definition) is 2. The molecular formula is C21H26FNO2. The summed E-state index contributed by atoms with van der Waals surface area (Å²) in [5, 5.41) is 12.5. The van der Waals surface area contributed by atoms with Crippen LogP contribution in [0.25, 0.3) is 0 Å². The number of aryl methyl sites for hydroxylation is 1. The Bertz CT molecular complexity index is 758. The lowest BCUT2D eigenvalue weighted by atomic mass is 10.0. The molecule has 0 heterocycles. The molecule has 1 atom stereocenters. The molecule has 1 aliphatic carbocycles. The molecule has 0 radical (unpaired) electrons. The maximum Gasteiger partial charge on any atom is 0.165 e. The minimum absolute atomic E-state index is 0.0250. The first-order valence-electron chi connectivity index (χ1n) is 8.79. The van der Waals surface area contributed by atoms with E-state index in [1.165, 1.54) is 22.8 Å². The molecule has 0 bridgehead atoms. The first kappa shape index (κ1) is 17.9. The van der Waals surface area contributed by atoms with Crippen molar-refractivity contribution < 1.29 is 14.2 Å². The second kappa shape index (κ2) is 7.14. The number of ether oxygens (including phenoxy) is 1. The van der Waals surface area contributed by atoms with Gasteiger partial charge in [-0.1, -0.05) is 24.3 Å². The van der Waals surface area contributed by atoms with Crippen LogP contribution in [0.4, 0.5) is 4.39 Å². The molecule has 4 heteroatoms. The van der Waals surface area contributed by atoms with Gasteiger partial charge in [-0.3, -0.25) is 0 Å². The average Bonchev–Trinajstić information content (AvgIpc) is 3.00. The van der Waals surface area contributed by atoms with Crippen LogP contribution in [-0.4, -0.2) is 17.3 Å². The summed E-state index contributed by atoms with van der Waals surface area (Å²) in [5.41, 5.74) is 4.22. The van der Waals surface area contributed by atoms with E-state index in [0.29, 0.717) is 12.3 Å². The van der Waals surface area contributed by atoms with E-state index in [4.69, 9.17) is 4.74 Å². The largest absolute Gasteiger partial charge is 0.483 e. The first-order chi connectivity index (χ1) is 11.9. The van der Waals surface area contributed by atoms with Crippen LogP contribution in [0, 0.1) is 12.7 Å². The van der Waals surface area contributed by atoms with Gasteiger partial charge in [-0.25, -0.2) is 4.39 Å². The molecule has 134 valence electrons. The number of nitrogens with one attached hydrogen (secondary N) is 1. The van der Waals surface area contributed by atoms with Crippen molar-refractivity contribution >= 4 is 0 Å². The molecule has 0 saturated heterocycles. The van der Waals surface area contributed by atoms with Crippen LogP contribution in [0.15, 0.2) is 36.4 Å². The highest BCUT2D eigenvalue weighted by Gasteiger charge is 2.26. The van der Waals surface area contributed by atoms with E-state index in [1.807, 2.05) is 26.0 Å². The van der Waals surface area contributed by atoms with Gasteiger partial charge in [-0.15, -0.1) is 0 Å². The number of aliphatic hydroxyl groups excluding tert-OH is 1. The topological polar surface area (TPSA) is 41.5 Å². The number of rotatable bonds is 6. The smallest absolute Gasteiger partial charge is 0.165 e. The highest BCUT2D eigenvalue weighted by Crippen LogP contribution is 2.37. The summed E-state index contributed by atoms with van der Waals surface area (Å²) >= 11 is 0. The number of aliphatic hydroxyl groups is 1. The van der Waals surface area contributed by atoms with Gasteiger partial charge in [0.05, 0.1) is 6.61 Å². The zero-order valence-electron chi connectivity index (χ0n) is 15.1. The molecule has 0 aliphatic heterocycles. The van der Waals surface area contributed by atoms with E-state index in [1.54, 1.807) is 6.07 Å². The molecule has 1 unspecified atom stereocenters. The van der Waals surface area contributed by atoms with Crippen LogP contribution >= 0.6 is 0 Å². The van der Waals surface area contributed by atoms with E-state index in [-0.39, 0.29) is 18.5 Å². The van der Waals surface area contributed by atoms with Crippen molar-refractivity contribution in [3.63, 3.8) is 0 Å². The summed E-state index contributed by atoms with van der Waals surface area (Å²) in [4.78, 5) is 0. The summed E-state index contributed by atoms with van der Waals surface area (Å²) in [6.07, 6.45) is 1.78. The normalized spacial score (nSPS) is 16.8. The maximum absolute atomic E-state index is 14.5. The van der Waals surface area contributed by atoms with Gasteiger partial charge < -0.3 is 15.2 Å². The van der Waals surface area contributed by atoms with Gasteiger partial charge in [0.2, 0.25) is 0 Å². The van der Waals surface area contributed by atoms with Crippen LogP contribution in [0.3, 0.4) is 0 Å². The second-order valence-corrected chi connectivity index (χ2v) is 7.45. The molecule has 0 saturated carbocycles. The van der Waals surface area contributed by atoms with Gasteiger partial charge in [0.25, 0.3) is 0 Å². The fraction of sp³-hybridized carbons (Fsp3) is 0.429. The minimum atomic E-state index is -0.392. The van der Waals surface area contributed by atoms with Crippen molar-refractivity contribution in [3.05, 3.63) is 64.5 Å². The zero-order chi connectivity index (χ0) is 18.0. The Morgan fingerprint density at radius 1 is 1.28 bits per heavy atom. The van der Waals surface area contributed by atoms with Gasteiger partial charge in [-0.2, -0.15) is 0 Å². The van der Waals surface area contributed by atoms with Crippen LogP contribution in [0.2, 0.25) is 0 Å². The third-order valence-corrected chi connectivity index (χ3v) is 4.88. The van der Waals surface area contributed by atoms with E-state index in [0.717, 1.165) is 18.4 Å². The van der Waals surface area contributed by atoms with Gasteiger partial charge in [0.15, 0.2) is 11.6 Å². The van der Waals surface area contributed by atoms with Crippen molar-refractivity contribution in [2.45, 2.75) is 51.8 Å². The fourth-order valence-corrected chi connectivity index (χ4v) is 3.22. The van der Waals surface area contributed by atoms with Crippen LogP contribution in [-0.2, 0) is 13.0 Å². The molecular weight excluding hydrogens is 317 g/mol. The van der Waals surface area contributed by atoms with E-state index >= 15 is 0 Å².